The van der Waals surface area contributed by atoms with Crippen molar-refractivity contribution in [1.82, 2.24) is 15.2 Å². The lowest BCUT2D eigenvalue weighted by Crippen LogP contribution is -2.53. The number of nitrogens with zero attached hydrogens (tertiary/aromatic N) is 2. The Hall–Kier alpha value is -1.67. The van der Waals surface area contributed by atoms with Crippen LogP contribution < -0.4 is 5.32 Å². The van der Waals surface area contributed by atoms with Gasteiger partial charge < -0.3 is 20.1 Å². The number of hydrogen-bond donors (Lipinski definition) is 2. The molecule has 1 aromatic heterocycles. The Kier molecular flexibility index (Phi) is 4.79. The molecular weight excluding hydrogens is 294 g/mol. The van der Waals surface area contributed by atoms with E-state index in [2.05, 4.69) is 10.3 Å². The van der Waals surface area contributed by atoms with Gasteiger partial charge in [-0.1, -0.05) is 0 Å². The summed E-state index contributed by atoms with van der Waals surface area (Å²) in [6, 6.07) is -0.156. The van der Waals surface area contributed by atoms with Gasteiger partial charge in [0.1, 0.15) is 9.88 Å². The normalized spacial score (nSPS) is 22.1. The van der Waals surface area contributed by atoms with Crippen molar-refractivity contribution in [3.63, 3.8) is 0 Å². The van der Waals surface area contributed by atoms with Gasteiger partial charge in [-0.15, -0.1) is 11.3 Å². The van der Waals surface area contributed by atoms with Gasteiger partial charge in [0.05, 0.1) is 31.0 Å². The summed E-state index contributed by atoms with van der Waals surface area (Å²) in [6.45, 7) is 6.81. The van der Waals surface area contributed by atoms with Crippen molar-refractivity contribution in [2.45, 2.75) is 39.5 Å². The first kappa shape index (κ1) is 15.7. The highest BCUT2D eigenvalue weighted by Gasteiger charge is 2.27. The van der Waals surface area contributed by atoms with E-state index in [0.717, 1.165) is 11.3 Å². The van der Waals surface area contributed by atoms with E-state index in [1.165, 1.54) is 0 Å². The summed E-state index contributed by atoms with van der Waals surface area (Å²) in [7, 11) is 0. The number of urea groups is 1. The number of carbonyl (C=O) groups is 2. The molecule has 2 rings (SSSR count). The van der Waals surface area contributed by atoms with E-state index >= 15 is 0 Å². The third kappa shape index (κ3) is 3.70. The fourth-order valence-electron chi connectivity index (χ4n) is 2.17. The first-order valence-electron chi connectivity index (χ1n) is 6.74. The zero-order chi connectivity index (χ0) is 15.6. The van der Waals surface area contributed by atoms with Crippen LogP contribution in [-0.4, -0.2) is 52.3 Å². The van der Waals surface area contributed by atoms with E-state index in [4.69, 9.17) is 9.84 Å². The summed E-state index contributed by atoms with van der Waals surface area (Å²) in [5, 5.41) is 12.4. The number of aromatic carboxylic acids is 1. The standard InChI is InChI=1S/C13H19N3O4S/c1-7-6-20-8(2)5-16(7)13(19)14-4-10-15-9(3)11(21-10)12(17)18/h7-8H,4-6H2,1-3H3,(H,14,19)(H,17,18). The molecule has 0 aromatic carbocycles. The molecule has 2 heterocycles. The SMILES string of the molecule is Cc1nc(CNC(=O)N2CC(C)OCC2C)sc1C(=O)O. The molecule has 8 heteroatoms. The number of aryl methyl sites for hydroxylation is 1. The van der Waals surface area contributed by atoms with Crippen LogP contribution in [0.4, 0.5) is 4.79 Å². The Morgan fingerprint density at radius 3 is 2.86 bits per heavy atom. The van der Waals surface area contributed by atoms with Crippen molar-refractivity contribution in [2.24, 2.45) is 0 Å². The van der Waals surface area contributed by atoms with E-state index in [-0.39, 0.29) is 29.6 Å². The van der Waals surface area contributed by atoms with Crippen molar-refractivity contribution in [3.05, 3.63) is 15.6 Å². The molecule has 2 N–H and O–H groups in total. The summed E-state index contributed by atoms with van der Waals surface area (Å²) in [5.74, 6) is -0.988. The van der Waals surface area contributed by atoms with Gasteiger partial charge in [0.25, 0.3) is 0 Å². The van der Waals surface area contributed by atoms with E-state index < -0.39 is 5.97 Å². The predicted molar refractivity (Wildman–Crippen MR) is 77.6 cm³/mol. The van der Waals surface area contributed by atoms with Crippen LogP contribution in [0.5, 0.6) is 0 Å². The first-order valence-corrected chi connectivity index (χ1v) is 7.55. The van der Waals surface area contributed by atoms with Gasteiger partial charge >= 0.3 is 12.0 Å². The Morgan fingerprint density at radius 1 is 1.52 bits per heavy atom. The summed E-state index contributed by atoms with van der Waals surface area (Å²) >= 11 is 1.09. The smallest absolute Gasteiger partial charge is 0.347 e. The number of morpholine rings is 1. The van der Waals surface area contributed by atoms with Gasteiger partial charge in [0.15, 0.2) is 0 Å². The number of nitrogens with one attached hydrogen (secondary N) is 1. The minimum atomic E-state index is -0.988. The summed E-state index contributed by atoms with van der Waals surface area (Å²) < 4.78 is 5.48. The zero-order valence-electron chi connectivity index (χ0n) is 12.3. The fraction of sp³-hybridized carbons (Fsp3) is 0.615. The maximum absolute atomic E-state index is 12.2. The van der Waals surface area contributed by atoms with Crippen molar-refractivity contribution in [2.75, 3.05) is 13.2 Å². The summed E-state index contributed by atoms with van der Waals surface area (Å²) in [4.78, 5) is 29.2. The van der Waals surface area contributed by atoms with E-state index in [1.807, 2.05) is 13.8 Å². The molecule has 2 amide bonds. The highest BCUT2D eigenvalue weighted by Crippen LogP contribution is 2.18. The maximum Gasteiger partial charge on any atom is 0.347 e. The van der Waals surface area contributed by atoms with Crippen LogP contribution >= 0.6 is 11.3 Å². The highest BCUT2D eigenvalue weighted by molar-refractivity contribution is 7.13. The van der Waals surface area contributed by atoms with Gasteiger partial charge in [-0.25, -0.2) is 14.6 Å². The zero-order valence-corrected chi connectivity index (χ0v) is 13.1. The maximum atomic E-state index is 12.2. The Bertz CT molecular complexity index is 546. The average Bonchev–Trinajstić information content (AvgIpc) is 2.80. The number of ether oxygens (including phenoxy) is 1. The minimum Gasteiger partial charge on any atom is -0.477 e. The Morgan fingerprint density at radius 2 is 2.24 bits per heavy atom. The number of carboxylic acid groups (broad SMARTS) is 1. The highest BCUT2D eigenvalue weighted by atomic mass is 32.1. The number of hydrogen-bond acceptors (Lipinski definition) is 5. The molecule has 1 aliphatic rings. The summed E-state index contributed by atoms with van der Waals surface area (Å²) in [6.07, 6.45) is 0.0210. The molecule has 1 aromatic rings. The second-order valence-electron chi connectivity index (χ2n) is 5.13. The monoisotopic (exact) mass is 313 g/mol. The van der Waals surface area contributed by atoms with E-state index in [9.17, 15) is 9.59 Å². The van der Waals surface area contributed by atoms with Crippen molar-refractivity contribution in [3.8, 4) is 0 Å². The predicted octanol–water partition coefficient (Wildman–Crippen LogP) is 1.47. The van der Waals surface area contributed by atoms with Crippen molar-refractivity contribution in [1.29, 1.82) is 0 Å². The number of rotatable bonds is 3. The van der Waals surface area contributed by atoms with Crippen LogP contribution in [0, 0.1) is 6.92 Å². The Balaban J connectivity index is 1.94. The molecule has 7 nitrogen and oxygen atoms in total. The van der Waals surface area contributed by atoms with Crippen molar-refractivity contribution < 1.29 is 19.4 Å². The molecule has 0 bridgehead atoms. The lowest BCUT2D eigenvalue weighted by atomic mass is 10.2. The molecule has 0 aliphatic carbocycles. The fourth-order valence-corrected chi connectivity index (χ4v) is 3.01. The molecule has 0 radical (unpaired) electrons. The Labute approximate surface area is 126 Å². The molecule has 21 heavy (non-hydrogen) atoms. The van der Waals surface area contributed by atoms with Gasteiger partial charge in [-0.3, -0.25) is 0 Å². The van der Waals surface area contributed by atoms with Crippen LogP contribution in [0.2, 0.25) is 0 Å². The average molecular weight is 313 g/mol. The molecule has 1 saturated heterocycles. The van der Waals surface area contributed by atoms with Crippen LogP contribution in [-0.2, 0) is 11.3 Å². The molecule has 116 valence electrons. The minimum absolute atomic E-state index is 0.0210. The van der Waals surface area contributed by atoms with E-state index in [0.29, 0.717) is 23.9 Å². The lowest BCUT2D eigenvalue weighted by Gasteiger charge is -2.36. The third-order valence-electron chi connectivity index (χ3n) is 3.29. The molecule has 2 atom stereocenters. The number of carboxylic acids is 1. The van der Waals surface area contributed by atoms with Crippen LogP contribution in [0.25, 0.3) is 0 Å². The molecule has 2 unspecified atom stereocenters. The third-order valence-corrected chi connectivity index (χ3v) is 4.44. The summed E-state index contributed by atoms with van der Waals surface area (Å²) in [5.41, 5.74) is 0.477. The quantitative estimate of drug-likeness (QED) is 0.881. The number of carbonyl (C=O) groups excluding carboxylic acids is 1. The number of thiazole rings is 1. The molecule has 1 fully saturated rings. The lowest BCUT2D eigenvalue weighted by molar-refractivity contribution is -0.0318. The first-order chi connectivity index (χ1) is 9.88. The molecule has 1 aliphatic heterocycles. The van der Waals surface area contributed by atoms with E-state index in [1.54, 1.807) is 11.8 Å². The van der Waals surface area contributed by atoms with Gasteiger partial charge in [0, 0.05) is 6.54 Å². The van der Waals surface area contributed by atoms with Gasteiger partial charge in [-0.05, 0) is 20.8 Å². The van der Waals surface area contributed by atoms with Crippen LogP contribution in [0.1, 0.15) is 34.2 Å². The molecule has 0 spiro atoms. The largest absolute Gasteiger partial charge is 0.477 e. The topological polar surface area (TPSA) is 91.8 Å². The van der Waals surface area contributed by atoms with Crippen molar-refractivity contribution >= 4 is 23.3 Å². The number of aromatic nitrogens is 1. The van der Waals surface area contributed by atoms with Crippen LogP contribution in [0.15, 0.2) is 0 Å². The second kappa shape index (κ2) is 6.40. The molecule has 0 saturated carbocycles. The number of amides is 2. The van der Waals surface area contributed by atoms with Crippen LogP contribution in [0.3, 0.4) is 0 Å². The van der Waals surface area contributed by atoms with Gasteiger partial charge in [-0.2, -0.15) is 0 Å². The second-order valence-corrected chi connectivity index (χ2v) is 6.21. The molecular formula is C13H19N3O4S. The van der Waals surface area contributed by atoms with Gasteiger partial charge in [0.2, 0.25) is 0 Å².